The highest BCUT2D eigenvalue weighted by atomic mass is 35.5. The van der Waals surface area contributed by atoms with Crippen LogP contribution in [0.1, 0.15) is 0 Å². The zero-order valence-corrected chi connectivity index (χ0v) is 18.4. The van der Waals surface area contributed by atoms with E-state index in [2.05, 4.69) is 10.0 Å². The van der Waals surface area contributed by atoms with Crippen molar-refractivity contribution in [2.75, 3.05) is 22.9 Å². The van der Waals surface area contributed by atoms with Gasteiger partial charge in [-0.15, -0.1) is 11.8 Å². The van der Waals surface area contributed by atoms with Gasteiger partial charge in [-0.2, -0.15) is 0 Å². The van der Waals surface area contributed by atoms with E-state index in [-0.39, 0.29) is 17.4 Å². The Kier molecular flexibility index (Phi) is 7.25. The fourth-order valence-electron chi connectivity index (χ4n) is 2.53. The van der Waals surface area contributed by atoms with Crippen LogP contribution in [-0.4, -0.2) is 27.2 Å². The summed E-state index contributed by atoms with van der Waals surface area (Å²) in [5.41, 5.74) is 1.12. The number of nitrogens with one attached hydrogen (secondary N) is 2. The van der Waals surface area contributed by atoms with Crippen LogP contribution in [0.25, 0.3) is 0 Å². The number of benzene rings is 3. The van der Waals surface area contributed by atoms with Gasteiger partial charge < -0.3 is 10.1 Å². The van der Waals surface area contributed by atoms with E-state index in [4.69, 9.17) is 16.3 Å². The molecule has 0 heterocycles. The Hall–Kier alpha value is -2.68. The van der Waals surface area contributed by atoms with Gasteiger partial charge in [-0.3, -0.25) is 9.52 Å². The maximum Gasteiger partial charge on any atom is 0.262 e. The van der Waals surface area contributed by atoms with Crippen LogP contribution in [0.2, 0.25) is 5.02 Å². The molecule has 0 aliphatic heterocycles. The fraction of sp³-hybridized carbons (Fsp3) is 0.0952. The number of halogens is 1. The molecule has 1 amide bonds. The molecule has 0 atom stereocenters. The number of carbonyl (C=O) groups excluding carboxylic acids is 1. The number of hydrogen-bond donors (Lipinski definition) is 2. The van der Waals surface area contributed by atoms with Gasteiger partial charge in [-0.25, -0.2) is 8.42 Å². The fourth-order valence-corrected chi connectivity index (χ4v) is 4.27. The number of ether oxygens (including phenoxy) is 1. The SMILES string of the molecule is CSc1ccccc1NC(=O)COc1ccc(S(=O)(=O)Nc2ccc(Cl)cc2)cc1. The third-order valence-electron chi connectivity index (χ3n) is 3.98. The smallest absolute Gasteiger partial charge is 0.262 e. The summed E-state index contributed by atoms with van der Waals surface area (Å²) in [6.45, 7) is -0.197. The summed E-state index contributed by atoms with van der Waals surface area (Å²) in [5, 5.41) is 3.31. The predicted molar refractivity (Wildman–Crippen MR) is 121 cm³/mol. The van der Waals surface area contributed by atoms with E-state index < -0.39 is 10.0 Å². The molecule has 0 unspecified atom stereocenters. The number of anilines is 2. The molecule has 0 aliphatic rings. The van der Waals surface area contributed by atoms with Crippen molar-refractivity contribution in [2.24, 2.45) is 0 Å². The Morgan fingerprint density at radius 1 is 1.00 bits per heavy atom. The molecule has 156 valence electrons. The number of amides is 1. The molecule has 9 heteroatoms. The van der Waals surface area contributed by atoms with E-state index >= 15 is 0 Å². The van der Waals surface area contributed by atoms with Crippen molar-refractivity contribution in [2.45, 2.75) is 9.79 Å². The van der Waals surface area contributed by atoms with Gasteiger partial charge in [0.15, 0.2) is 6.61 Å². The molecule has 3 aromatic carbocycles. The average Bonchev–Trinajstić information content (AvgIpc) is 2.74. The van der Waals surface area contributed by atoms with E-state index in [9.17, 15) is 13.2 Å². The van der Waals surface area contributed by atoms with Gasteiger partial charge >= 0.3 is 0 Å². The minimum Gasteiger partial charge on any atom is -0.484 e. The minimum atomic E-state index is -3.75. The van der Waals surface area contributed by atoms with Crippen LogP contribution in [-0.2, 0) is 14.8 Å². The van der Waals surface area contributed by atoms with E-state index in [1.165, 1.54) is 36.0 Å². The highest BCUT2D eigenvalue weighted by Crippen LogP contribution is 2.25. The van der Waals surface area contributed by atoms with E-state index in [1.807, 2.05) is 30.5 Å². The molecule has 6 nitrogen and oxygen atoms in total. The molecule has 0 radical (unpaired) electrons. The highest BCUT2D eigenvalue weighted by Gasteiger charge is 2.14. The summed E-state index contributed by atoms with van der Waals surface area (Å²) in [4.78, 5) is 13.2. The molecule has 0 spiro atoms. The van der Waals surface area contributed by atoms with Crippen molar-refractivity contribution >= 4 is 50.7 Å². The Balaban J connectivity index is 1.58. The second-order valence-electron chi connectivity index (χ2n) is 6.12. The molecule has 0 saturated carbocycles. The molecule has 2 N–H and O–H groups in total. The molecule has 0 fully saturated rings. The van der Waals surface area contributed by atoms with Crippen molar-refractivity contribution in [1.29, 1.82) is 0 Å². The van der Waals surface area contributed by atoms with Crippen LogP contribution in [0.3, 0.4) is 0 Å². The molecular weight excluding hydrogens is 444 g/mol. The van der Waals surface area contributed by atoms with Gasteiger partial charge in [-0.05, 0) is 66.9 Å². The van der Waals surface area contributed by atoms with E-state index in [0.717, 1.165) is 4.90 Å². The third-order valence-corrected chi connectivity index (χ3v) is 6.43. The topological polar surface area (TPSA) is 84.5 Å². The van der Waals surface area contributed by atoms with Crippen molar-refractivity contribution < 1.29 is 17.9 Å². The van der Waals surface area contributed by atoms with E-state index in [1.54, 1.807) is 24.3 Å². The predicted octanol–water partition coefficient (Wildman–Crippen LogP) is 4.88. The molecule has 30 heavy (non-hydrogen) atoms. The lowest BCUT2D eigenvalue weighted by atomic mass is 10.3. The van der Waals surface area contributed by atoms with Gasteiger partial charge in [0.2, 0.25) is 0 Å². The van der Waals surface area contributed by atoms with Gasteiger partial charge in [0.25, 0.3) is 15.9 Å². The highest BCUT2D eigenvalue weighted by molar-refractivity contribution is 7.98. The summed E-state index contributed by atoms with van der Waals surface area (Å²) >= 11 is 7.34. The summed E-state index contributed by atoms with van der Waals surface area (Å²) in [6, 6.07) is 19.6. The number of rotatable bonds is 8. The lowest BCUT2D eigenvalue weighted by Crippen LogP contribution is -2.20. The summed E-state index contributed by atoms with van der Waals surface area (Å²) in [7, 11) is -3.75. The second-order valence-corrected chi connectivity index (χ2v) is 9.09. The van der Waals surface area contributed by atoms with Gasteiger partial charge in [-0.1, -0.05) is 23.7 Å². The quantitative estimate of drug-likeness (QED) is 0.466. The van der Waals surface area contributed by atoms with Gasteiger partial charge in [0.1, 0.15) is 5.75 Å². The van der Waals surface area contributed by atoms with Crippen molar-refractivity contribution in [3.8, 4) is 5.75 Å². The first-order valence-corrected chi connectivity index (χ1v) is 11.9. The lowest BCUT2D eigenvalue weighted by Gasteiger charge is -2.11. The largest absolute Gasteiger partial charge is 0.484 e. The summed E-state index contributed by atoms with van der Waals surface area (Å²) < 4.78 is 32.9. The van der Waals surface area contributed by atoms with Crippen LogP contribution in [0.15, 0.2) is 82.6 Å². The van der Waals surface area contributed by atoms with Crippen LogP contribution >= 0.6 is 23.4 Å². The first-order chi connectivity index (χ1) is 14.4. The number of carbonyl (C=O) groups is 1. The number of sulfonamides is 1. The lowest BCUT2D eigenvalue weighted by molar-refractivity contribution is -0.118. The van der Waals surface area contributed by atoms with E-state index in [0.29, 0.717) is 22.1 Å². The summed E-state index contributed by atoms with van der Waals surface area (Å²) in [6.07, 6.45) is 1.93. The average molecular weight is 463 g/mol. The first-order valence-electron chi connectivity index (χ1n) is 8.81. The minimum absolute atomic E-state index is 0.0724. The maximum atomic E-state index is 12.5. The number of para-hydroxylation sites is 1. The Bertz CT molecular complexity index is 1120. The van der Waals surface area contributed by atoms with Gasteiger partial charge in [0.05, 0.1) is 10.6 Å². The monoisotopic (exact) mass is 462 g/mol. The first kappa shape index (κ1) is 22.0. The van der Waals surface area contributed by atoms with Crippen LogP contribution < -0.4 is 14.8 Å². The normalized spacial score (nSPS) is 11.0. The van der Waals surface area contributed by atoms with Crippen LogP contribution in [0.4, 0.5) is 11.4 Å². The Labute approximate surface area is 184 Å². The molecule has 0 aromatic heterocycles. The molecular formula is C21H19ClN2O4S2. The third kappa shape index (κ3) is 5.91. The molecule has 0 bridgehead atoms. The molecule has 0 saturated heterocycles. The zero-order chi connectivity index (χ0) is 21.6. The van der Waals surface area contributed by atoms with Crippen LogP contribution in [0, 0.1) is 0 Å². The number of hydrogen-bond acceptors (Lipinski definition) is 5. The van der Waals surface area contributed by atoms with Crippen molar-refractivity contribution in [3.63, 3.8) is 0 Å². The molecule has 3 rings (SSSR count). The Morgan fingerprint density at radius 2 is 1.67 bits per heavy atom. The molecule has 0 aliphatic carbocycles. The van der Waals surface area contributed by atoms with Crippen molar-refractivity contribution in [3.05, 3.63) is 77.8 Å². The summed E-state index contributed by atoms with van der Waals surface area (Å²) in [5.74, 6) is 0.0753. The zero-order valence-electron chi connectivity index (χ0n) is 16.0. The van der Waals surface area contributed by atoms with Crippen molar-refractivity contribution in [1.82, 2.24) is 0 Å². The van der Waals surface area contributed by atoms with Gasteiger partial charge in [0, 0.05) is 15.6 Å². The van der Waals surface area contributed by atoms with Crippen LogP contribution in [0.5, 0.6) is 5.75 Å². The maximum absolute atomic E-state index is 12.5. The Morgan fingerprint density at radius 3 is 2.33 bits per heavy atom. The number of thioether (sulfide) groups is 1. The second kappa shape index (κ2) is 9.88. The standard InChI is InChI=1S/C21H19ClN2O4S2/c1-29-20-5-3-2-4-19(20)23-21(25)14-28-17-10-12-18(13-11-17)30(26,27)24-16-8-6-15(22)7-9-16/h2-13,24H,14H2,1H3,(H,23,25). The molecule has 3 aromatic rings.